The van der Waals surface area contributed by atoms with Crippen LogP contribution in [0.4, 0.5) is 13.2 Å². The fourth-order valence-electron chi connectivity index (χ4n) is 1.21. The largest absolute Gasteiger partial charge is 0.389 e. The molecule has 0 aliphatic carbocycles. The number of aliphatic hydroxyl groups excluding tert-OH is 1. The van der Waals surface area contributed by atoms with E-state index in [2.05, 4.69) is 0 Å². The third-order valence-electron chi connectivity index (χ3n) is 1.95. The lowest BCUT2D eigenvalue weighted by Crippen LogP contribution is -2.12. The van der Waals surface area contributed by atoms with Crippen molar-refractivity contribution in [2.24, 2.45) is 0 Å². The topological polar surface area (TPSA) is 20.2 Å². The standard InChI is InChI=1S/C10H11F3O/c1-6(14)7-4-3-5-8(9(7)11)10(2,12)13/h3-6,14H,1-2H3. The van der Waals surface area contributed by atoms with E-state index in [0.717, 1.165) is 6.07 Å². The summed E-state index contributed by atoms with van der Waals surface area (Å²) in [5.41, 5.74) is -0.792. The van der Waals surface area contributed by atoms with Crippen molar-refractivity contribution in [3.63, 3.8) is 0 Å². The van der Waals surface area contributed by atoms with Gasteiger partial charge in [0.1, 0.15) is 5.82 Å². The molecule has 0 aromatic heterocycles. The van der Waals surface area contributed by atoms with Gasteiger partial charge in [-0.2, -0.15) is 0 Å². The Kier molecular flexibility index (Phi) is 2.85. The van der Waals surface area contributed by atoms with Gasteiger partial charge in [0, 0.05) is 12.5 Å². The Morgan fingerprint density at radius 2 is 1.93 bits per heavy atom. The molecule has 0 fully saturated rings. The molecule has 0 amide bonds. The SMILES string of the molecule is CC(O)c1cccc(C(C)(F)F)c1F. The molecule has 0 aliphatic heterocycles. The van der Waals surface area contributed by atoms with Crippen LogP contribution in [0, 0.1) is 5.82 Å². The molecule has 0 saturated heterocycles. The molecule has 1 N–H and O–H groups in total. The quantitative estimate of drug-likeness (QED) is 0.785. The number of aliphatic hydroxyl groups is 1. The van der Waals surface area contributed by atoms with Crippen LogP contribution < -0.4 is 0 Å². The molecule has 78 valence electrons. The van der Waals surface area contributed by atoms with Crippen molar-refractivity contribution in [1.82, 2.24) is 0 Å². The van der Waals surface area contributed by atoms with Crippen LogP contribution in [0.25, 0.3) is 0 Å². The molecule has 0 spiro atoms. The molecule has 1 aromatic rings. The van der Waals surface area contributed by atoms with Gasteiger partial charge in [-0.1, -0.05) is 18.2 Å². The maximum atomic E-state index is 13.4. The summed E-state index contributed by atoms with van der Waals surface area (Å²) in [6.45, 7) is 1.95. The van der Waals surface area contributed by atoms with Gasteiger partial charge in [-0.25, -0.2) is 13.2 Å². The molecule has 1 rings (SSSR count). The Morgan fingerprint density at radius 1 is 1.36 bits per heavy atom. The van der Waals surface area contributed by atoms with Gasteiger partial charge in [0.05, 0.1) is 11.7 Å². The van der Waals surface area contributed by atoms with Crippen LogP contribution >= 0.6 is 0 Å². The fraction of sp³-hybridized carbons (Fsp3) is 0.400. The second kappa shape index (κ2) is 3.61. The normalized spacial score (nSPS) is 14.1. The van der Waals surface area contributed by atoms with Crippen LogP contribution in [0.3, 0.4) is 0 Å². The van der Waals surface area contributed by atoms with Gasteiger partial charge in [0.2, 0.25) is 0 Å². The van der Waals surface area contributed by atoms with Crippen molar-refractivity contribution in [2.45, 2.75) is 25.9 Å². The van der Waals surface area contributed by atoms with Gasteiger partial charge >= 0.3 is 0 Å². The third-order valence-corrected chi connectivity index (χ3v) is 1.95. The van der Waals surface area contributed by atoms with Gasteiger partial charge in [0.15, 0.2) is 0 Å². The lowest BCUT2D eigenvalue weighted by atomic mass is 10.0. The molecule has 1 atom stereocenters. The Morgan fingerprint density at radius 3 is 2.36 bits per heavy atom. The second-order valence-electron chi connectivity index (χ2n) is 3.27. The molecule has 1 nitrogen and oxygen atoms in total. The highest BCUT2D eigenvalue weighted by Crippen LogP contribution is 2.31. The summed E-state index contributed by atoms with van der Waals surface area (Å²) in [5.74, 6) is -4.26. The van der Waals surface area contributed by atoms with Crippen molar-refractivity contribution in [3.05, 3.63) is 35.1 Å². The average molecular weight is 204 g/mol. The van der Waals surface area contributed by atoms with Gasteiger partial charge in [-0.05, 0) is 6.92 Å². The van der Waals surface area contributed by atoms with Crippen LogP contribution in [0.1, 0.15) is 31.1 Å². The zero-order valence-electron chi connectivity index (χ0n) is 7.89. The van der Waals surface area contributed by atoms with Crippen LogP contribution in [0.2, 0.25) is 0 Å². The molecule has 1 aromatic carbocycles. The molecule has 0 radical (unpaired) electrons. The number of halogens is 3. The molecular formula is C10H11F3O. The van der Waals surface area contributed by atoms with E-state index in [-0.39, 0.29) is 5.56 Å². The average Bonchev–Trinajstić information content (AvgIpc) is 2.01. The molecular weight excluding hydrogens is 193 g/mol. The zero-order valence-corrected chi connectivity index (χ0v) is 7.89. The first-order chi connectivity index (χ1) is 6.34. The van der Waals surface area contributed by atoms with E-state index >= 15 is 0 Å². The summed E-state index contributed by atoms with van der Waals surface area (Å²) >= 11 is 0. The maximum Gasteiger partial charge on any atom is 0.273 e. The Hall–Kier alpha value is -1.03. The van der Waals surface area contributed by atoms with E-state index in [9.17, 15) is 13.2 Å². The van der Waals surface area contributed by atoms with Crippen molar-refractivity contribution in [1.29, 1.82) is 0 Å². The number of hydrogen-bond acceptors (Lipinski definition) is 1. The van der Waals surface area contributed by atoms with Crippen LogP contribution in [-0.4, -0.2) is 5.11 Å². The van der Waals surface area contributed by atoms with Gasteiger partial charge in [-0.3, -0.25) is 0 Å². The van der Waals surface area contributed by atoms with Gasteiger partial charge in [-0.15, -0.1) is 0 Å². The Labute approximate surface area is 80.2 Å². The van der Waals surface area contributed by atoms with E-state index in [4.69, 9.17) is 5.11 Å². The predicted molar refractivity (Wildman–Crippen MR) is 46.6 cm³/mol. The lowest BCUT2D eigenvalue weighted by molar-refractivity contribution is 0.0132. The molecule has 0 aliphatic rings. The predicted octanol–water partition coefficient (Wildman–Crippen LogP) is 2.99. The number of benzene rings is 1. The molecule has 4 heteroatoms. The number of hydrogen-bond donors (Lipinski definition) is 1. The zero-order chi connectivity index (χ0) is 10.9. The fourth-order valence-corrected chi connectivity index (χ4v) is 1.21. The van der Waals surface area contributed by atoms with E-state index in [1.165, 1.54) is 19.1 Å². The highest BCUT2D eigenvalue weighted by Gasteiger charge is 2.29. The summed E-state index contributed by atoms with van der Waals surface area (Å²) in [4.78, 5) is 0. The molecule has 0 heterocycles. The minimum Gasteiger partial charge on any atom is -0.389 e. The van der Waals surface area contributed by atoms with Crippen LogP contribution in [-0.2, 0) is 5.92 Å². The maximum absolute atomic E-state index is 13.4. The summed E-state index contributed by atoms with van der Waals surface area (Å²) in [6.07, 6.45) is -1.09. The third kappa shape index (κ3) is 2.07. The molecule has 1 unspecified atom stereocenters. The first kappa shape index (κ1) is 11.0. The van der Waals surface area contributed by atoms with E-state index < -0.39 is 23.4 Å². The van der Waals surface area contributed by atoms with Crippen molar-refractivity contribution in [2.75, 3.05) is 0 Å². The minimum atomic E-state index is -3.23. The van der Waals surface area contributed by atoms with Crippen LogP contribution in [0.5, 0.6) is 0 Å². The molecule has 14 heavy (non-hydrogen) atoms. The first-order valence-corrected chi connectivity index (χ1v) is 4.19. The van der Waals surface area contributed by atoms with Crippen molar-refractivity contribution in [3.8, 4) is 0 Å². The highest BCUT2D eigenvalue weighted by atomic mass is 19.3. The van der Waals surface area contributed by atoms with Gasteiger partial charge in [0.25, 0.3) is 5.92 Å². The van der Waals surface area contributed by atoms with Gasteiger partial charge < -0.3 is 5.11 Å². The van der Waals surface area contributed by atoms with Crippen molar-refractivity contribution < 1.29 is 18.3 Å². The monoisotopic (exact) mass is 204 g/mol. The van der Waals surface area contributed by atoms with Crippen molar-refractivity contribution >= 4 is 0 Å². The smallest absolute Gasteiger partial charge is 0.273 e. The minimum absolute atomic E-state index is 0.107. The number of alkyl halides is 2. The molecule has 0 saturated carbocycles. The van der Waals surface area contributed by atoms with Crippen LogP contribution in [0.15, 0.2) is 18.2 Å². The summed E-state index contributed by atoms with van der Waals surface area (Å²) in [5, 5.41) is 9.11. The van der Waals surface area contributed by atoms with E-state index in [0.29, 0.717) is 6.92 Å². The summed E-state index contributed by atoms with van der Waals surface area (Å²) < 4.78 is 39.1. The second-order valence-corrected chi connectivity index (χ2v) is 3.27. The highest BCUT2D eigenvalue weighted by molar-refractivity contribution is 5.30. The van der Waals surface area contributed by atoms with E-state index in [1.807, 2.05) is 0 Å². The summed E-state index contributed by atoms with van der Waals surface area (Å²) in [6, 6.07) is 3.61. The summed E-state index contributed by atoms with van der Waals surface area (Å²) in [7, 11) is 0. The Bertz CT molecular complexity index is 329. The number of rotatable bonds is 2. The Balaban J connectivity index is 3.28. The van der Waals surface area contributed by atoms with E-state index in [1.54, 1.807) is 0 Å². The molecule has 0 bridgehead atoms. The lowest BCUT2D eigenvalue weighted by Gasteiger charge is -2.15. The first-order valence-electron chi connectivity index (χ1n) is 4.19.